The Kier molecular flexibility index (Phi) is 6.31. The monoisotopic (exact) mass is 665 g/mol. The number of benzene rings is 6. The molecule has 5 heteroatoms. The Labute approximate surface area is 299 Å². The average Bonchev–Trinajstić information content (AvgIpc) is 3.73. The first kappa shape index (κ1) is 28.9. The van der Waals surface area contributed by atoms with E-state index in [-0.39, 0.29) is 0 Å². The molecule has 6 aromatic carbocycles. The van der Waals surface area contributed by atoms with Crippen molar-refractivity contribution in [3.05, 3.63) is 169 Å². The molecule has 0 aliphatic heterocycles. The van der Waals surface area contributed by atoms with Crippen LogP contribution in [0.5, 0.6) is 0 Å². The molecule has 10 aromatic rings. The predicted molar refractivity (Wildman–Crippen MR) is 214 cm³/mol. The van der Waals surface area contributed by atoms with Crippen LogP contribution < -0.4 is 0 Å². The average molecular weight is 666 g/mol. The van der Waals surface area contributed by atoms with E-state index < -0.39 is 0 Å². The van der Waals surface area contributed by atoms with Gasteiger partial charge < -0.3 is 4.57 Å². The zero-order valence-corrected chi connectivity index (χ0v) is 28.2. The van der Waals surface area contributed by atoms with Crippen LogP contribution in [0.2, 0.25) is 0 Å². The van der Waals surface area contributed by atoms with E-state index in [1.165, 1.54) is 54.8 Å². The third kappa shape index (κ3) is 4.26. The molecule has 0 radical (unpaired) electrons. The number of allylic oxidation sites excluding steroid dienone is 1. The highest BCUT2D eigenvalue weighted by Crippen LogP contribution is 2.43. The first-order valence-corrected chi connectivity index (χ1v) is 17.8. The van der Waals surface area contributed by atoms with Gasteiger partial charge in [-0.15, -0.1) is 0 Å². The molecular formula is C47H31N5. The number of hydrogen-bond donors (Lipinski definition) is 0. The normalized spacial score (nSPS) is 12.8. The Morgan fingerprint density at radius 2 is 1.27 bits per heavy atom. The predicted octanol–water partition coefficient (Wildman–Crippen LogP) is 11.5. The molecule has 0 N–H and O–H groups in total. The first-order valence-electron chi connectivity index (χ1n) is 17.8. The smallest absolute Gasteiger partial charge is 0.235 e. The summed E-state index contributed by atoms with van der Waals surface area (Å²) >= 11 is 0. The third-order valence-electron chi connectivity index (χ3n) is 10.7. The molecule has 4 aromatic heterocycles. The number of hydrogen-bond acceptors (Lipinski definition) is 3. The van der Waals surface area contributed by atoms with Gasteiger partial charge in [0, 0.05) is 44.3 Å². The Morgan fingerprint density at radius 3 is 2.10 bits per heavy atom. The largest absolute Gasteiger partial charge is 0.308 e. The van der Waals surface area contributed by atoms with Gasteiger partial charge in [-0.05, 0) is 72.0 Å². The second-order valence-electron chi connectivity index (χ2n) is 13.6. The fraction of sp³-hybridized carbons (Fsp3) is 0.0426. The van der Waals surface area contributed by atoms with E-state index in [9.17, 15) is 0 Å². The van der Waals surface area contributed by atoms with Crippen molar-refractivity contribution < 1.29 is 0 Å². The van der Waals surface area contributed by atoms with Crippen LogP contribution in [-0.2, 0) is 6.42 Å². The Bertz CT molecular complexity index is 3060. The maximum absolute atomic E-state index is 5.36. The highest BCUT2D eigenvalue weighted by molar-refractivity contribution is 6.15. The maximum Gasteiger partial charge on any atom is 0.235 e. The number of nitrogens with zero attached hydrogens (tertiary/aromatic N) is 5. The van der Waals surface area contributed by atoms with E-state index in [4.69, 9.17) is 9.97 Å². The van der Waals surface area contributed by atoms with Gasteiger partial charge in [-0.1, -0.05) is 109 Å². The van der Waals surface area contributed by atoms with Gasteiger partial charge in [0.1, 0.15) is 0 Å². The van der Waals surface area contributed by atoms with Gasteiger partial charge in [-0.25, -0.2) is 9.97 Å². The molecule has 244 valence electrons. The molecule has 52 heavy (non-hydrogen) atoms. The van der Waals surface area contributed by atoms with Crippen molar-refractivity contribution in [1.29, 1.82) is 0 Å². The highest BCUT2D eigenvalue weighted by atomic mass is 15.2. The van der Waals surface area contributed by atoms with E-state index in [0.29, 0.717) is 5.95 Å². The summed E-state index contributed by atoms with van der Waals surface area (Å²) < 4.78 is 4.64. The van der Waals surface area contributed by atoms with Crippen molar-refractivity contribution in [3.8, 4) is 34.0 Å². The minimum atomic E-state index is 0.681. The molecule has 1 aliphatic carbocycles. The Hall–Kier alpha value is -6.85. The van der Waals surface area contributed by atoms with Crippen molar-refractivity contribution in [2.45, 2.75) is 12.8 Å². The molecule has 0 amide bonds. The van der Waals surface area contributed by atoms with Crippen LogP contribution in [0.4, 0.5) is 0 Å². The second-order valence-corrected chi connectivity index (χ2v) is 13.6. The number of pyridine rings is 1. The fourth-order valence-electron chi connectivity index (χ4n) is 8.42. The lowest BCUT2D eigenvalue weighted by Crippen LogP contribution is -2.06. The van der Waals surface area contributed by atoms with Crippen LogP contribution in [0.1, 0.15) is 17.5 Å². The van der Waals surface area contributed by atoms with Crippen LogP contribution in [0, 0.1) is 0 Å². The summed E-state index contributed by atoms with van der Waals surface area (Å²) in [5.74, 6) is 0.681. The quantitative estimate of drug-likeness (QED) is 0.188. The van der Waals surface area contributed by atoms with Crippen molar-refractivity contribution >= 4 is 60.6 Å². The zero-order chi connectivity index (χ0) is 34.2. The molecule has 0 atom stereocenters. The molecule has 5 nitrogen and oxygen atoms in total. The standard InChI is InChI=1S/C47H31N5/c1-2-13-30(14-3-1)45-38-20-6-9-21-41(38)49-47(50-45)52-43-23-11-8-18-35(43)40-28-39(33-16-4-5-19-37(33)46(40)52)31-24-25-36-34-17-7-10-22-42(34)51(44(36)27-31)32-15-12-26-48-29-32/h1-3,5-15,17-29H,4,16H2. The van der Waals surface area contributed by atoms with E-state index in [0.717, 1.165) is 51.7 Å². The topological polar surface area (TPSA) is 48.5 Å². The minimum Gasteiger partial charge on any atom is -0.308 e. The van der Waals surface area contributed by atoms with Crippen molar-refractivity contribution in [2.24, 2.45) is 0 Å². The van der Waals surface area contributed by atoms with Gasteiger partial charge >= 0.3 is 0 Å². The van der Waals surface area contributed by atoms with Crippen LogP contribution in [0.3, 0.4) is 0 Å². The SMILES string of the molecule is C1=Cc2c(c(-c3ccc4c5ccccc5n(-c5cccnc5)c4c3)cc3c4ccccc4n(-c4nc(-c5ccccc5)c5ccccc5n4)c23)CC1. The number of para-hydroxylation sites is 3. The minimum absolute atomic E-state index is 0.681. The molecule has 1 aliphatic rings. The summed E-state index contributed by atoms with van der Waals surface area (Å²) in [7, 11) is 0. The molecule has 11 rings (SSSR count). The number of fused-ring (bicyclic) bond motifs is 9. The summed E-state index contributed by atoms with van der Waals surface area (Å²) in [5.41, 5.74) is 13.7. The van der Waals surface area contributed by atoms with Crippen molar-refractivity contribution in [3.63, 3.8) is 0 Å². The van der Waals surface area contributed by atoms with Crippen molar-refractivity contribution in [1.82, 2.24) is 24.1 Å². The summed E-state index contributed by atoms with van der Waals surface area (Å²) in [5, 5.41) is 5.89. The molecule has 0 saturated carbocycles. The number of rotatable bonds is 4. The maximum atomic E-state index is 5.36. The van der Waals surface area contributed by atoms with Crippen LogP contribution >= 0.6 is 0 Å². The second kappa shape index (κ2) is 11.3. The zero-order valence-electron chi connectivity index (χ0n) is 28.2. The van der Waals surface area contributed by atoms with Crippen LogP contribution in [-0.4, -0.2) is 24.1 Å². The van der Waals surface area contributed by atoms with Gasteiger partial charge in [0.05, 0.1) is 45.2 Å². The third-order valence-corrected chi connectivity index (χ3v) is 10.7. The van der Waals surface area contributed by atoms with Gasteiger partial charge in [-0.2, -0.15) is 0 Å². The fourth-order valence-corrected chi connectivity index (χ4v) is 8.42. The van der Waals surface area contributed by atoms with E-state index in [2.05, 4.69) is 154 Å². The Morgan fingerprint density at radius 1 is 0.538 bits per heavy atom. The molecular weight excluding hydrogens is 635 g/mol. The first-order chi connectivity index (χ1) is 25.8. The van der Waals surface area contributed by atoms with Gasteiger partial charge in [0.2, 0.25) is 5.95 Å². The summed E-state index contributed by atoms with van der Waals surface area (Å²) in [4.78, 5) is 15.1. The lowest BCUT2D eigenvalue weighted by molar-refractivity contribution is 0.978. The molecule has 0 bridgehead atoms. The molecule has 0 unspecified atom stereocenters. The lowest BCUT2D eigenvalue weighted by atomic mass is 9.87. The molecule has 4 heterocycles. The van der Waals surface area contributed by atoms with E-state index >= 15 is 0 Å². The lowest BCUT2D eigenvalue weighted by Gasteiger charge is -2.20. The van der Waals surface area contributed by atoms with Crippen molar-refractivity contribution in [2.75, 3.05) is 0 Å². The van der Waals surface area contributed by atoms with Crippen LogP contribution in [0.15, 0.2) is 158 Å². The van der Waals surface area contributed by atoms with E-state index in [1.54, 1.807) is 0 Å². The van der Waals surface area contributed by atoms with Gasteiger partial charge in [0.15, 0.2) is 0 Å². The Balaban J connectivity index is 1.21. The highest BCUT2D eigenvalue weighted by Gasteiger charge is 2.24. The molecule has 0 spiro atoms. The summed E-state index contributed by atoms with van der Waals surface area (Å²) in [6.45, 7) is 0. The molecule has 0 saturated heterocycles. The number of aromatic nitrogens is 5. The van der Waals surface area contributed by atoms with Gasteiger partial charge in [-0.3, -0.25) is 9.55 Å². The summed E-state index contributed by atoms with van der Waals surface area (Å²) in [6.07, 6.45) is 10.4. The van der Waals surface area contributed by atoms with E-state index in [1.807, 2.05) is 24.5 Å². The van der Waals surface area contributed by atoms with Gasteiger partial charge in [0.25, 0.3) is 0 Å². The summed E-state index contributed by atoms with van der Waals surface area (Å²) in [6, 6.07) is 49.7. The molecule has 0 fully saturated rings. The van der Waals surface area contributed by atoms with Crippen LogP contribution in [0.25, 0.3) is 94.6 Å².